The minimum Gasteiger partial charge on any atom is -0.463 e. The second kappa shape index (κ2) is 15.5. The summed E-state index contributed by atoms with van der Waals surface area (Å²) in [6, 6.07) is 7.47. The predicted molar refractivity (Wildman–Crippen MR) is 135 cm³/mol. The van der Waals surface area contributed by atoms with Crippen molar-refractivity contribution in [3.05, 3.63) is 65.0 Å². The molecule has 1 aromatic rings. The van der Waals surface area contributed by atoms with Crippen LogP contribution in [0.1, 0.15) is 76.3 Å². The van der Waals surface area contributed by atoms with Crippen molar-refractivity contribution in [3.8, 4) is 0 Å². The molecule has 0 unspecified atom stereocenters. The molecule has 0 saturated heterocycles. The largest absolute Gasteiger partial charge is 0.463 e. The Kier molecular flexibility index (Phi) is 12.4. The van der Waals surface area contributed by atoms with Gasteiger partial charge in [0.1, 0.15) is 11.4 Å². The number of hydrogen-bond acceptors (Lipinski definition) is 7. The third kappa shape index (κ3) is 9.43. The van der Waals surface area contributed by atoms with Crippen molar-refractivity contribution in [1.29, 1.82) is 0 Å². The Labute approximate surface area is 208 Å². The molecule has 0 saturated carbocycles. The summed E-state index contributed by atoms with van der Waals surface area (Å²) in [5.74, 6) is -1.92. The number of rotatable bonds is 14. The van der Waals surface area contributed by atoms with E-state index in [0.717, 1.165) is 30.4 Å². The fraction of sp³-hybridized carbons (Fsp3) is 0.464. The lowest BCUT2D eigenvalue weighted by molar-refractivity contribution is -0.140. The first kappa shape index (κ1) is 27.9. The first-order valence-corrected chi connectivity index (χ1v) is 12.5. The van der Waals surface area contributed by atoms with E-state index in [0.29, 0.717) is 6.61 Å². The highest BCUT2D eigenvalue weighted by atomic mass is 16.5. The lowest BCUT2D eigenvalue weighted by Crippen LogP contribution is -2.30. The number of nitrogens with one attached hydrogen (secondary N) is 1. The summed E-state index contributed by atoms with van der Waals surface area (Å²) in [7, 11) is 0. The number of carbonyl (C=O) groups is 3. The first-order chi connectivity index (χ1) is 17.0. The highest BCUT2D eigenvalue weighted by Crippen LogP contribution is 2.29. The van der Waals surface area contributed by atoms with Crippen LogP contribution in [0.25, 0.3) is 6.08 Å². The zero-order valence-electron chi connectivity index (χ0n) is 21.0. The summed E-state index contributed by atoms with van der Waals surface area (Å²) in [6.07, 6.45) is 13.2. The average Bonchev–Trinajstić information content (AvgIpc) is 2.87. The fourth-order valence-electron chi connectivity index (χ4n) is 3.70. The molecular formula is C28H37NO6. The van der Waals surface area contributed by atoms with E-state index in [1.807, 2.05) is 24.3 Å². The summed E-state index contributed by atoms with van der Waals surface area (Å²) >= 11 is 0. The summed E-state index contributed by atoms with van der Waals surface area (Å²) < 4.78 is 15.5. The molecule has 0 aliphatic carbocycles. The van der Waals surface area contributed by atoms with E-state index >= 15 is 0 Å². The van der Waals surface area contributed by atoms with Crippen molar-refractivity contribution in [1.82, 2.24) is 5.32 Å². The van der Waals surface area contributed by atoms with Gasteiger partial charge in [0, 0.05) is 12.0 Å². The number of benzene rings is 1. The van der Waals surface area contributed by atoms with Crippen LogP contribution in [0.5, 0.6) is 0 Å². The minimum absolute atomic E-state index is 0.166. The van der Waals surface area contributed by atoms with Gasteiger partial charge in [0.2, 0.25) is 0 Å². The quantitative estimate of drug-likeness (QED) is 0.169. The Bertz CT molecular complexity index is 913. The summed E-state index contributed by atoms with van der Waals surface area (Å²) in [5.41, 5.74) is 1.92. The van der Waals surface area contributed by atoms with Crippen molar-refractivity contribution in [2.75, 3.05) is 19.8 Å². The number of allylic oxidation sites excluding steroid dienone is 2. The van der Waals surface area contributed by atoms with E-state index in [2.05, 4.69) is 12.2 Å². The molecule has 7 nitrogen and oxygen atoms in total. The third-order valence-electron chi connectivity index (χ3n) is 5.45. The van der Waals surface area contributed by atoms with Crippen molar-refractivity contribution >= 4 is 24.0 Å². The maximum absolute atomic E-state index is 12.4. The standard InChI is InChI=1S/C28H37NO6/c1-4-7-8-9-10-13-18-35-26(30)17-16-21-14-11-12-15-23(21)22-19-24(27(31)33-5-2)29-25(20-22)28(32)34-6-3/h11-12,14-17,19-20,22,29H,4-10,13,18H2,1-3H3. The molecule has 190 valence electrons. The molecule has 0 radical (unpaired) electrons. The normalized spacial score (nSPS) is 13.6. The van der Waals surface area contributed by atoms with Crippen LogP contribution in [0.2, 0.25) is 0 Å². The molecule has 0 fully saturated rings. The fourth-order valence-corrected chi connectivity index (χ4v) is 3.70. The Hall–Kier alpha value is -3.35. The van der Waals surface area contributed by atoms with Crippen LogP contribution in [0.3, 0.4) is 0 Å². The Morgan fingerprint density at radius 1 is 0.829 bits per heavy atom. The van der Waals surface area contributed by atoms with Crippen LogP contribution < -0.4 is 5.32 Å². The molecule has 1 aliphatic heterocycles. The number of dihydropyridines is 1. The van der Waals surface area contributed by atoms with Gasteiger partial charge in [-0.3, -0.25) is 0 Å². The van der Waals surface area contributed by atoms with Crippen molar-refractivity contribution in [2.24, 2.45) is 0 Å². The lowest BCUT2D eigenvalue weighted by Gasteiger charge is -2.22. The molecule has 2 rings (SSSR count). The average molecular weight is 484 g/mol. The van der Waals surface area contributed by atoms with Gasteiger partial charge < -0.3 is 19.5 Å². The lowest BCUT2D eigenvalue weighted by atomic mass is 9.90. The highest BCUT2D eigenvalue weighted by molar-refractivity contribution is 5.95. The number of unbranched alkanes of at least 4 members (excludes halogenated alkanes) is 5. The SMILES string of the molecule is CCCCCCCCOC(=O)C=Cc1ccccc1C1C=C(C(=O)OCC)NC(C(=O)OCC)=C1. The molecule has 1 N–H and O–H groups in total. The molecule has 7 heteroatoms. The van der Waals surface area contributed by atoms with Gasteiger partial charge in [-0.05, 0) is 49.6 Å². The van der Waals surface area contributed by atoms with Crippen molar-refractivity contribution in [3.63, 3.8) is 0 Å². The minimum atomic E-state index is -0.557. The number of esters is 3. The predicted octanol–water partition coefficient (Wildman–Crippen LogP) is 5.18. The molecular weight excluding hydrogens is 446 g/mol. The van der Waals surface area contributed by atoms with E-state index in [4.69, 9.17) is 14.2 Å². The van der Waals surface area contributed by atoms with Crippen molar-refractivity contribution in [2.45, 2.75) is 65.2 Å². The molecule has 0 bridgehead atoms. The topological polar surface area (TPSA) is 90.9 Å². The number of ether oxygens (including phenoxy) is 3. The van der Waals surface area contributed by atoms with E-state index < -0.39 is 23.8 Å². The maximum Gasteiger partial charge on any atom is 0.354 e. The van der Waals surface area contributed by atoms with Gasteiger partial charge in [-0.1, -0.05) is 63.3 Å². The molecule has 0 atom stereocenters. The Balaban J connectivity index is 2.13. The van der Waals surface area contributed by atoms with E-state index in [-0.39, 0.29) is 24.6 Å². The van der Waals surface area contributed by atoms with Crippen LogP contribution in [-0.2, 0) is 28.6 Å². The van der Waals surface area contributed by atoms with Crippen LogP contribution in [0, 0.1) is 0 Å². The van der Waals surface area contributed by atoms with Gasteiger partial charge in [-0.25, -0.2) is 14.4 Å². The van der Waals surface area contributed by atoms with Crippen molar-refractivity contribution < 1.29 is 28.6 Å². The van der Waals surface area contributed by atoms with Crippen LogP contribution >= 0.6 is 0 Å². The summed E-state index contributed by atoms with van der Waals surface area (Å²) in [4.78, 5) is 37.0. The van der Waals surface area contributed by atoms with Gasteiger partial charge in [0.25, 0.3) is 0 Å². The summed E-state index contributed by atoms with van der Waals surface area (Å²) in [5, 5.41) is 2.82. The van der Waals surface area contributed by atoms with Crippen LogP contribution in [-0.4, -0.2) is 37.7 Å². The number of hydrogen-bond donors (Lipinski definition) is 1. The molecule has 0 amide bonds. The molecule has 35 heavy (non-hydrogen) atoms. The van der Waals surface area contributed by atoms with E-state index in [1.165, 1.54) is 25.3 Å². The zero-order valence-corrected chi connectivity index (χ0v) is 21.0. The molecule has 1 heterocycles. The third-order valence-corrected chi connectivity index (χ3v) is 5.45. The maximum atomic E-state index is 12.4. The Morgan fingerprint density at radius 2 is 1.43 bits per heavy atom. The smallest absolute Gasteiger partial charge is 0.354 e. The molecule has 1 aliphatic rings. The highest BCUT2D eigenvalue weighted by Gasteiger charge is 2.25. The monoisotopic (exact) mass is 483 g/mol. The van der Waals surface area contributed by atoms with Crippen LogP contribution in [0.15, 0.2) is 53.9 Å². The van der Waals surface area contributed by atoms with Gasteiger partial charge in [-0.15, -0.1) is 0 Å². The number of carbonyl (C=O) groups excluding carboxylic acids is 3. The van der Waals surface area contributed by atoms with Gasteiger partial charge in [0.15, 0.2) is 0 Å². The van der Waals surface area contributed by atoms with Gasteiger partial charge >= 0.3 is 17.9 Å². The summed E-state index contributed by atoms with van der Waals surface area (Å²) in [6.45, 7) is 6.44. The van der Waals surface area contributed by atoms with Gasteiger partial charge in [0.05, 0.1) is 19.8 Å². The molecule has 0 spiro atoms. The Morgan fingerprint density at radius 3 is 2.06 bits per heavy atom. The second-order valence-electron chi connectivity index (χ2n) is 8.15. The van der Waals surface area contributed by atoms with E-state index in [1.54, 1.807) is 32.1 Å². The van der Waals surface area contributed by atoms with Crippen LogP contribution in [0.4, 0.5) is 0 Å². The van der Waals surface area contributed by atoms with E-state index in [9.17, 15) is 14.4 Å². The molecule has 0 aromatic heterocycles. The first-order valence-electron chi connectivity index (χ1n) is 12.5. The van der Waals surface area contributed by atoms with Gasteiger partial charge in [-0.2, -0.15) is 0 Å². The second-order valence-corrected chi connectivity index (χ2v) is 8.15. The zero-order chi connectivity index (χ0) is 25.5. The molecule has 1 aromatic carbocycles.